The van der Waals surface area contributed by atoms with E-state index in [9.17, 15) is 9.59 Å². The van der Waals surface area contributed by atoms with E-state index in [0.29, 0.717) is 26.1 Å². The van der Waals surface area contributed by atoms with Crippen LogP contribution < -0.4 is 5.56 Å². The van der Waals surface area contributed by atoms with Gasteiger partial charge >= 0.3 is 0 Å². The highest BCUT2D eigenvalue weighted by Gasteiger charge is 2.21. The maximum atomic E-state index is 12.7. The van der Waals surface area contributed by atoms with Gasteiger partial charge in [-0.2, -0.15) is 0 Å². The smallest absolute Gasteiger partial charge is 0.258 e. The number of piperazine rings is 1. The summed E-state index contributed by atoms with van der Waals surface area (Å²) in [4.78, 5) is 37.6. The Morgan fingerprint density at radius 1 is 1.17 bits per heavy atom. The number of thiazole rings is 1. The number of aromatic amines is 1. The molecule has 0 aliphatic carbocycles. The van der Waals surface area contributed by atoms with Crippen molar-refractivity contribution < 1.29 is 4.79 Å². The van der Waals surface area contributed by atoms with E-state index in [-0.39, 0.29) is 11.5 Å². The summed E-state index contributed by atoms with van der Waals surface area (Å²) in [7, 11) is 0. The fraction of sp³-hybridized carbons (Fsp3) is 0.318. The van der Waals surface area contributed by atoms with Crippen LogP contribution in [0.25, 0.3) is 15.9 Å². The first-order chi connectivity index (χ1) is 14.7. The SMILES string of the molecule is O=C(CCc1c[nH]c2ccccc12)N1CCN(Cc2cc(=O)n3ccsc3n2)CC1. The number of amides is 1. The lowest BCUT2D eigenvalue weighted by Gasteiger charge is -2.34. The van der Waals surface area contributed by atoms with E-state index in [4.69, 9.17) is 0 Å². The Hall–Kier alpha value is -2.97. The average Bonchev–Trinajstić information content (AvgIpc) is 3.40. The molecule has 0 atom stereocenters. The lowest BCUT2D eigenvalue weighted by molar-refractivity contribution is -0.133. The Kier molecular flexibility index (Phi) is 5.10. The molecule has 8 heteroatoms. The first-order valence-electron chi connectivity index (χ1n) is 10.2. The third-order valence-corrected chi connectivity index (χ3v) is 6.51. The number of carbonyl (C=O) groups is 1. The van der Waals surface area contributed by atoms with Gasteiger partial charge < -0.3 is 9.88 Å². The maximum Gasteiger partial charge on any atom is 0.258 e. The summed E-state index contributed by atoms with van der Waals surface area (Å²) >= 11 is 1.47. The van der Waals surface area contributed by atoms with Gasteiger partial charge in [-0.05, 0) is 18.1 Å². The summed E-state index contributed by atoms with van der Waals surface area (Å²) in [6, 6.07) is 9.80. The molecule has 1 saturated heterocycles. The van der Waals surface area contributed by atoms with Gasteiger partial charge in [0.2, 0.25) is 5.91 Å². The normalized spacial score (nSPS) is 15.3. The molecular formula is C22H23N5O2S. The first kappa shape index (κ1) is 19.0. The number of aryl methyl sites for hydroxylation is 1. The van der Waals surface area contributed by atoms with E-state index >= 15 is 0 Å². The molecule has 0 bridgehead atoms. The van der Waals surface area contributed by atoms with Crippen molar-refractivity contribution in [1.29, 1.82) is 0 Å². The first-order valence-corrected chi connectivity index (χ1v) is 11.1. The van der Waals surface area contributed by atoms with Crippen molar-refractivity contribution in [2.75, 3.05) is 26.2 Å². The second kappa shape index (κ2) is 8.04. The number of carbonyl (C=O) groups excluding carboxylic acids is 1. The topological polar surface area (TPSA) is 73.7 Å². The number of hydrogen-bond donors (Lipinski definition) is 1. The highest BCUT2D eigenvalue weighted by molar-refractivity contribution is 7.15. The van der Waals surface area contributed by atoms with Crippen molar-refractivity contribution in [3.8, 4) is 0 Å². The Morgan fingerprint density at radius 2 is 2.00 bits per heavy atom. The van der Waals surface area contributed by atoms with Gasteiger partial charge in [-0.25, -0.2) is 4.98 Å². The molecule has 4 heterocycles. The third-order valence-electron chi connectivity index (χ3n) is 5.75. The van der Waals surface area contributed by atoms with Crippen LogP contribution in [0.3, 0.4) is 0 Å². The summed E-state index contributed by atoms with van der Waals surface area (Å²) in [6.45, 7) is 3.66. The van der Waals surface area contributed by atoms with Crippen molar-refractivity contribution in [3.05, 3.63) is 69.7 Å². The summed E-state index contributed by atoms with van der Waals surface area (Å²) < 4.78 is 1.57. The molecule has 0 spiro atoms. The lowest BCUT2D eigenvalue weighted by Crippen LogP contribution is -2.48. The quantitative estimate of drug-likeness (QED) is 0.537. The van der Waals surface area contributed by atoms with E-state index in [1.165, 1.54) is 22.3 Å². The molecule has 0 radical (unpaired) electrons. The number of hydrogen-bond acceptors (Lipinski definition) is 5. The van der Waals surface area contributed by atoms with E-state index in [2.05, 4.69) is 27.0 Å². The number of fused-ring (bicyclic) bond motifs is 2. The van der Waals surface area contributed by atoms with E-state index in [0.717, 1.165) is 35.7 Å². The summed E-state index contributed by atoms with van der Waals surface area (Å²) in [5.74, 6) is 0.205. The largest absolute Gasteiger partial charge is 0.361 e. The van der Waals surface area contributed by atoms with Crippen LogP contribution in [0.2, 0.25) is 0 Å². The van der Waals surface area contributed by atoms with Crippen LogP contribution in [-0.4, -0.2) is 56.3 Å². The number of rotatable bonds is 5. The van der Waals surface area contributed by atoms with Crippen molar-refractivity contribution >= 4 is 33.1 Å². The molecule has 1 aliphatic heterocycles. The maximum absolute atomic E-state index is 12.7. The Labute approximate surface area is 177 Å². The molecule has 0 saturated carbocycles. The van der Waals surface area contributed by atoms with Gasteiger partial charge in [-0.1, -0.05) is 18.2 Å². The molecule has 3 aromatic heterocycles. The molecule has 1 N–H and O–H groups in total. The second-order valence-corrected chi connectivity index (χ2v) is 8.53. The molecule has 1 aliphatic rings. The molecule has 154 valence electrons. The molecule has 1 amide bonds. The number of para-hydroxylation sites is 1. The summed E-state index contributed by atoms with van der Waals surface area (Å²) in [6.07, 6.45) is 5.03. The second-order valence-electron chi connectivity index (χ2n) is 7.66. The zero-order valence-electron chi connectivity index (χ0n) is 16.6. The molecule has 0 unspecified atom stereocenters. The zero-order chi connectivity index (χ0) is 20.5. The van der Waals surface area contributed by atoms with Gasteiger partial charge in [0.05, 0.1) is 5.69 Å². The minimum atomic E-state index is -0.0395. The van der Waals surface area contributed by atoms with Crippen LogP contribution in [-0.2, 0) is 17.8 Å². The third kappa shape index (κ3) is 3.76. The van der Waals surface area contributed by atoms with Gasteiger partial charge in [0.25, 0.3) is 5.56 Å². The van der Waals surface area contributed by atoms with Crippen LogP contribution >= 0.6 is 11.3 Å². The molecular weight excluding hydrogens is 398 g/mol. The molecule has 1 fully saturated rings. The Balaban J connectivity index is 1.15. The van der Waals surface area contributed by atoms with Gasteiger partial charge in [0.1, 0.15) is 0 Å². The number of H-pyrrole nitrogens is 1. The molecule has 4 aromatic rings. The number of nitrogens with zero attached hydrogens (tertiary/aromatic N) is 4. The van der Waals surface area contributed by atoms with Gasteiger partial charge in [-0.15, -0.1) is 11.3 Å². The summed E-state index contributed by atoms with van der Waals surface area (Å²) in [5.41, 5.74) is 3.06. The zero-order valence-corrected chi connectivity index (χ0v) is 17.4. The van der Waals surface area contributed by atoms with Crippen molar-refractivity contribution in [3.63, 3.8) is 0 Å². The molecule has 7 nitrogen and oxygen atoms in total. The van der Waals surface area contributed by atoms with E-state index in [1.807, 2.05) is 28.6 Å². The van der Waals surface area contributed by atoms with Crippen LogP contribution in [0.1, 0.15) is 17.7 Å². The summed E-state index contributed by atoms with van der Waals surface area (Å²) in [5, 5.41) is 3.06. The predicted molar refractivity (Wildman–Crippen MR) is 118 cm³/mol. The fourth-order valence-electron chi connectivity index (χ4n) is 4.09. The van der Waals surface area contributed by atoms with E-state index in [1.54, 1.807) is 16.7 Å². The van der Waals surface area contributed by atoms with Gasteiger partial charge in [0.15, 0.2) is 4.96 Å². The predicted octanol–water partition coefficient (Wildman–Crippen LogP) is 2.51. The van der Waals surface area contributed by atoms with Crippen LogP contribution in [0.4, 0.5) is 0 Å². The van der Waals surface area contributed by atoms with Crippen LogP contribution in [0.15, 0.2) is 52.9 Å². The number of benzene rings is 1. The van der Waals surface area contributed by atoms with Gasteiger partial charge in [-0.3, -0.25) is 18.9 Å². The highest BCUT2D eigenvalue weighted by atomic mass is 32.1. The molecule has 5 rings (SSSR count). The lowest BCUT2D eigenvalue weighted by atomic mass is 10.1. The highest BCUT2D eigenvalue weighted by Crippen LogP contribution is 2.19. The minimum absolute atomic E-state index is 0.0395. The Morgan fingerprint density at radius 3 is 2.87 bits per heavy atom. The standard InChI is InChI=1S/C22H23N5O2S/c28-20(6-5-16-14-23-19-4-2-1-3-18(16)19)26-9-7-25(8-10-26)15-17-13-21(29)27-11-12-30-22(27)24-17/h1-4,11-14,23H,5-10,15H2. The van der Waals surface area contributed by atoms with E-state index < -0.39 is 0 Å². The monoisotopic (exact) mass is 421 g/mol. The fourth-order valence-corrected chi connectivity index (χ4v) is 4.83. The molecule has 1 aromatic carbocycles. The average molecular weight is 422 g/mol. The minimum Gasteiger partial charge on any atom is -0.361 e. The number of nitrogens with one attached hydrogen (secondary N) is 1. The number of aromatic nitrogens is 3. The van der Waals surface area contributed by atoms with Crippen LogP contribution in [0, 0.1) is 0 Å². The van der Waals surface area contributed by atoms with Gasteiger partial charge in [0, 0.05) is 73.9 Å². The van der Waals surface area contributed by atoms with Crippen molar-refractivity contribution in [2.24, 2.45) is 0 Å². The Bertz CT molecular complexity index is 1250. The van der Waals surface area contributed by atoms with Crippen molar-refractivity contribution in [1.82, 2.24) is 24.2 Å². The van der Waals surface area contributed by atoms with Crippen LogP contribution in [0.5, 0.6) is 0 Å². The molecule has 30 heavy (non-hydrogen) atoms. The van der Waals surface area contributed by atoms with Crippen molar-refractivity contribution in [2.45, 2.75) is 19.4 Å².